The maximum absolute atomic E-state index is 11.7. The first-order chi connectivity index (χ1) is 13.1. The van der Waals surface area contributed by atoms with Crippen LogP contribution in [0, 0.1) is 0 Å². The summed E-state index contributed by atoms with van der Waals surface area (Å²) in [6, 6.07) is 14.1. The molecule has 6 nitrogen and oxygen atoms in total. The molecule has 3 N–H and O–H groups in total. The second kappa shape index (κ2) is 8.80. The predicted octanol–water partition coefficient (Wildman–Crippen LogP) is 3.07. The lowest BCUT2D eigenvalue weighted by Gasteiger charge is -2.20. The van der Waals surface area contributed by atoms with Crippen LogP contribution >= 0.6 is 0 Å². The molecule has 6 heteroatoms. The molecule has 0 aromatic heterocycles. The highest BCUT2D eigenvalue weighted by atomic mass is 16.3. The Hall–Kier alpha value is -3.41. The van der Waals surface area contributed by atoms with Crippen molar-refractivity contribution >= 4 is 18.2 Å². The summed E-state index contributed by atoms with van der Waals surface area (Å²) >= 11 is 0. The number of hydrogen-bond acceptors (Lipinski definition) is 4. The van der Waals surface area contributed by atoms with Gasteiger partial charge in [-0.25, -0.2) is 4.79 Å². The van der Waals surface area contributed by atoms with Crippen molar-refractivity contribution in [2.24, 2.45) is 0 Å². The van der Waals surface area contributed by atoms with Gasteiger partial charge in [-0.15, -0.1) is 0 Å². The number of nitrogens with one attached hydrogen (secondary N) is 1. The largest absolute Gasteiger partial charge is 0.507 e. The van der Waals surface area contributed by atoms with Gasteiger partial charge in [-0.1, -0.05) is 36.4 Å². The summed E-state index contributed by atoms with van der Waals surface area (Å²) in [4.78, 5) is 15.4. The van der Waals surface area contributed by atoms with E-state index in [0.717, 1.165) is 0 Å². The minimum atomic E-state index is -0.0516. The standard InChI is InChI=1S/C21H23N3O3/c25-19-7-3-1-5-17(19)9-12-23(15-16-24-14-11-22-21(24)27)13-10-18-6-2-4-8-20(18)26/h1-10,12-13,25-26H,11,14-16H2,(H,22,27)/b12-9+,13-10+. The minimum absolute atomic E-state index is 0.0516. The van der Waals surface area contributed by atoms with Gasteiger partial charge in [0.25, 0.3) is 0 Å². The molecular weight excluding hydrogens is 342 g/mol. The molecule has 1 aliphatic heterocycles. The van der Waals surface area contributed by atoms with E-state index in [4.69, 9.17) is 0 Å². The average Bonchev–Trinajstić information content (AvgIpc) is 3.08. The van der Waals surface area contributed by atoms with Crippen LogP contribution in [-0.2, 0) is 0 Å². The van der Waals surface area contributed by atoms with E-state index in [9.17, 15) is 15.0 Å². The van der Waals surface area contributed by atoms with Crippen LogP contribution in [0.15, 0.2) is 60.9 Å². The number of phenolic OH excluding ortho intramolecular Hbond substituents is 2. The zero-order valence-corrected chi connectivity index (χ0v) is 15.0. The number of carbonyl (C=O) groups is 1. The number of rotatable bonds is 7. The number of benzene rings is 2. The summed E-state index contributed by atoms with van der Waals surface area (Å²) in [5.41, 5.74) is 1.41. The number of carbonyl (C=O) groups excluding carboxylic acids is 1. The van der Waals surface area contributed by atoms with E-state index in [0.29, 0.717) is 37.3 Å². The van der Waals surface area contributed by atoms with Crippen LogP contribution in [0.5, 0.6) is 11.5 Å². The number of urea groups is 1. The topological polar surface area (TPSA) is 76.0 Å². The molecule has 2 amide bonds. The van der Waals surface area contributed by atoms with Gasteiger partial charge in [-0.05, 0) is 24.3 Å². The van der Waals surface area contributed by atoms with Gasteiger partial charge in [0.2, 0.25) is 0 Å². The summed E-state index contributed by atoms with van der Waals surface area (Å²) in [7, 11) is 0. The van der Waals surface area contributed by atoms with Gasteiger partial charge < -0.3 is 25.3 Å². The van der Waals surface area contributed by atoms with Crippen molar-refractivity contribution in [1.82, 2.24) is 15.1 Å². The van der Waals surface area contributed by atoms with E-state index >= 15 is 0 Å². The molecule has 2 aromatic rings. The lowest BCUT2D eigenvalue weighted by molar-refractivity contribution is 0.214. The monoisotopic (exact) mass is 365 g/mol. The van der Waals surface area contributed by atoms with Crippen molar-refractivity contribution < 1.29 is 15.0 Å². The normalized spacial score (nSPS) is 14.2. The Bertz CT molecular complexity index is 793. The zero-order chi connectivity index (χ0) is 19.1. The zero-order valence-electron chi connectivity index (χ0n) is 15.0. The smallest absolute Gasteiger partial charge is 0.317 e. The van der Waals surface area contributed by atoms with Crippen molar-refractivity contribution in [1.29, 1.82) is 0 Å². The van der Waals surface area contributed by atoms with E-state index in [-0.39, 0.29) is 17.5 Å². The fraction of sp³-hybridized carbons (Fsp3) is 0.190. The molecule has 27 heavy (non-hydrogen) atoms. The maximum atomic E-state index is 11.7. The van der Waals surface area contributed by atoms with Crippen molar-refractivity contribution in [3.8, 4) is 11.5 Å². The molecule has 140 valence electrons. The molecule has 0 saturated carbocycles. The molecule has 1 heterocycles. The van der Waals surface area contributed by atoms with Crippen LogP contribution in [0.2, 0.25) is 0 Å². The lowest BCUT2D eigenvalue weighted by atomic mass is 10.2. The van der Waals surface area contributed by atoms with Crippen LogP contribution in [0.4, 0.5) is 4.79 Å². The van der Waals surface area contributed by atoms with E-state index in [2.05, 4.69) is 5.32 Å². The van der Waals surface area contributed by atoms with Gasteiger partial charge in [0, 0.05) is 49.7 Å². The second-order valence-electron chi connectivity index (χ2n) is 6.21. The van der Waals surface area contributed by atoms with Gasteiger partial charge in [0.15, 0.2) is 0 Å². The van der Waals surface area contributed by atoms with Crippen molar-refractivity contribution in [3.63, 3.8) is 0 Å². The highest BCUT2D eigenvalue weighted by Gasteiger charge is 2.18. The van der Waals surface area contributed by atoms with Crippen LogP contribution in [0.3, 0.4) is 0 Å². The maximum Gasteiger partial charge on any atom is 0.317 e. The van der Waals surface area contributed by atoms with E-state index < -0.39 is 0 Å². The Morgan fingerprint density at radius 2 is 1.52 bits per heavy atom. The summed E-state index contributed by atoms with van der Waals surface area (Å²) in [5, 5.41) is 22.6. The van der Waals surface area contributed by atoms with Crippen LogP contribution in [0.1, 0.15) is 11.1 Å². The number of nitrogens with zero attached hydrogens (tertiary/aromatic N) is 2. The minimum Gasteiger partial charge on any atom is -0.507 e. The molecule has 1 fully saturated rings. The lowest BCUT2D eigenvalue weighted by Crippen LogP contribution is -2.33. The molecule has 0 aliphatic carbocycles. The molecule has 2 aromatic carbocycles. The Balaban J connectivity index is 1.74. The summed E-state index contributed by atoms with van der Waals surface area (Å²) in [5.74, 6) is 0.412. The number of para-hydroxylation sites is 2. The fourth-order valence-electron chi connectivity index (χ4n) is 2.77. The molecule has 0 unspecified atom stereocenters. The van der Waals surface area contributed by atoms with Crippen LogP contribution < -0.4 is 5.32 Å². The third-order valence-electron chi connectivity index (χ3n) is 4.34. The number of hydrogen-bond donors (Lipinski definition) is 3. The number of phenols is 2. The number of amides is 2. The quantitative estimate of drug-likeness (QED) is 0.705. The average molecular weight is 365 g/mol. The third kappa shape index (κ3) is 5.04. The van der Waals surface area contributed by atoms with E-state index in [1.165, 1.54) is 0 Å². The Labute approximate surface area is 158 Å². The predicted molar refractivity (Wildman–Crippen MR) is 106 cm³/mol. The highest BCUT2D eigenvalue weighted by molar-refractivity contribution is 5.76. The van der Waals surface area contributed by atoms with Crippen molar-refractivity contribution in [2.45, 2.75) is 0 Å². The first-order valence-corrected chi connectivity index (χ1v) is 8.84. The summed E-state index contributed by atoms with van der Waals surface area (Å²) in [6.45, 7) is 2.52. The van der Waals surface area contributed by atoms with E-state index in [1.807, 2.05) is 53.7 Å². The SMILES string of the molecule is O=C1NCCN1CCN(/C=C/c1ccccc1O)/C=C/c1ccccc1O. The third-order valence-corrected chi connectivity index (χ3v) is 4.34. The molecule has 0 radical (unpaired) electrons. The molecular formula is C21H23N3O3. The Kier molecular flexibility index (Phi) is 5.99. The van der Waals surface area contributed by atoms with Gasteiger partial charge in [-0.3, -0.25) is 0 Å². The second-order valence-corrected chi connectivity index (χ2v) is 6.21. The van der Waals surface area contributed by atoms with Crippen molar-refractivity contribution in [3.05, 3.63) is 72.1 Å². The molecule has 1 saturated heterocycles. The first kappa shape index (κ1) is 18.4. The fourth-order valence-corrected chi connectivity index (χ4v) is 2.77. The molecule has 1 aliphatic rings. The highest BCUT2D eigenvalue weighted by Crippen LogP contribution is 2.19. The Morgan fingerprint density at radius 1 is 0.963 bits per heavy atom. The van der Waals surface area contributed by atoms with Crippen molar-refractivity contribution in [2.75, 3.05) is 26.2 Å². The molecule has 0 spiro atoms. The van der Waals surface area contributed by atoms with Crippen LogP contribution in [0.25, 0.3) is 12.2 Å². The summed E-state index contributed by atoms with van der Waals surface area (Å²) in [6.07, 6.45) is 7.32. The molecule has 0 bridgehead atoms. The van der Waals surface area contributed by atoms with Gasteiger partial charge in [-0.2, -0.15) is 0 Å². The Morgan fingerprint density at radius 3 is 2.00 bits per heavy atom. The molecule has 3 rings (SSSR count). The van der Waals surface area contributed by atoms with E-state index in [1.54, 1.807) is 29.2 Å². The van der Waals surface area contributed by atoms with Crippen LogP contribution in [-0.4, -0.2) is 52.2 Å². The van der Waals surface area contributed by atoms with Gasteiger partial charge >= 0.3 is 6.03 Å². The number of aromatic hydroxyl groups is 2. The first-order valence-electron chi connectivity index (χ1n) is 8.84. The van der Waals surface area contributed by atoms with Gasteiger partial charge in [0.1, 0.15) is 11.5 Å². The van der Waals surface area contributed by atoms with Gasteiger partial charge in [0.05, 0.1) is 0 Å². The molecule has 0 atom stereocenters. The summed E-state index contributed by atoms with van der Waals surface area (Å²) < 4.78 is 0.